The number of piperidine rings is 1. The van der Waals surface area contributed by atoms with Crippen LogP contribution in [-0.2, 0) is 6.54 Å². The first-order valence-electron chi connectivity index (χ1n) is 7.77. The molecule has 2 nitrogen and oxygen atoms in total. The Hall–Kier alpha value is -0.860. The minimum Gasteiger partial charge on any atom is -0.316 e. The second-order valence-corrected chi connectivity index (χ2v) is 5.87. The summed E-state index contributed by atoms with van der Waals surface area (Å²) in [4.78, 5) is 2.64. The van der Waals surface area contributed by atoms with Gasteiger partial charge in [-0.25, -0.2) is 0 Å². The molecule has 2 heteroatoms. The van der Waals surface area contributed by atoms with E-state index in [0.717, 1.165) is 12.5 Å². The van der Waals surface area contributed by atoms with Crippen LogP contribution in [0.25, 0.3) is 0 Å². The van der Waals surface area contributed by atoms with Crippen molar-refractivity contribution in [2.75, 3.05) is 26.2 Å². The molecule has 1 fully saturated rings. The zero-order valence-electron chi connectivity index (χ0n) is 12.5. The second-order valence-electron chi connectivity index (χ2n) is 5.87. The summed E-state index contributed by atoms with van der Waals surface area (Å²) in [5, 5.41) is 3.53. The van der Waals surface area contributed by atoms with Gasteiger partial charge in [0.15, 0.2) is 0 Å². The van der Waals surface area contributed by atoms with Crippen molar-refractivity contribution in [1.29, 1.82) is 0 Å². The minimum absolute atomic E-state index is 0.837. The number of hydrogen-bond acceptors (Lipinski definition) is 2. The molecule has 0 bridgehead atoms. The van der Waals surface area contributed by atoms with Gasteiger partial charge in [-0.2, -0.15) is 0 Å². The summed E-state index contributed by atoms with van der Waals surface area (Å²) in [7, 11) is 0. The fraction of sp³-hybridized carbons (Fsp3) is 0.647. The van der Waals surface area contributed by atoms with Crippen LogP contribution in [0.1, 0.15) is 37.3 Å². The summed E-state index contributed by atoms with van der Waals surface area (Å²) in [5.74, 6) is 0.837. The molecule has 19 heavy (non-hydrogen) atoms. The molecule has 0 amide bonds. The normalized spacial score (nSPS) is 19.8. The van der Waals surface area contributed by atoms with Crippen LogP contribution in [0.4, 0.5) is 0 Å². The van der Waals surface area contributed by atoms with Gasteiger partial charge in [0.1, 0.15) is 0 Å². The minimum atomic E-state index is 0.837. The summed E-state index contributed by atoms with van der Waals surface area (Å²) in [6, 6.07) is 8.79. The Labute approximate surface area is 118 Å². The molecular formula is C17H28N2. The average molecular weight is 260 g/mol. The maximum atomic E-state index is 3.53. The predicted molar refractivity (Wildman–Crippen MR) is 82.3 cm³/mol. The lowest BCUT2D eigenvalue weighted by atomic mass is 9.98. The molecular weight excluding hydrogens is 232 g/mol. The van der Waals surface area contributed by atoms with Crippen molar-refractivity contribution in [1.82, 2.24) is 10.2 Å². The first kappa shape index (κ1) is 14.5. The van der Waals surface area contributed by atoms with E-state index in [2.05, 4.69) is 48.3 Å². The molecule has 0 aliphatic carbocycles. The van der Waals surface area contributed by atoms with Gasteiger partial charge in [0.25, 0.3) is 0 Å². The van der Waals surface area contributed by atoms with Crippen LogP contribution in [0.5, 0.6) is 0 Å². The van der Waals surface area contributed by atoms with Crippen LogP contribution in [0.3, 0.4) is 0 Å². The van der Waals surface area contributed by atoms with E-state index in [9.17, 15) is 0 Å². The molecule has 0 radical (unpaired) electrons. The van der Waals surface area contributed by atoms with Crippen LogP contribution in [-0.4, -0.2) is 31.1 Å². The molecule has 0 saturated carbocycles. The maximum Gasteiger partial charge on any atom is 0.0236 e. The fourth-order valence-corrected chi connectivity index (χ4v) is 3.02. The quantitative estimate of drug-likeness (QED) is 0.845. The Bertz CT molecular complexity index is 369. The Morgan fingerprint density at radius 2 is 2.16 bits per heavy atom. The van der Waals surface area contributed by atoms with Gasteiger partial charge < -0.3 is 5.32 Å². The standard InChI is InChI=1S/C17H28N2/c1-3-11-19(13-16-8-6-10-18-12-16)14-17-9-5-4-7-15(17)2/h4-5,7,9,16,18H,3,6,8,10-14H2,1-2H3. The van der Waals surface area contributed by atoms with Crippen molar-refractivity contribution in [3.8, 4) is 0 Å². The van der Waals surface area contributed by atoms with Crippen molar-refractivity contribution in [3.05, 3.63) is 35.4 Å². The van der Waals surface area contributed by atoms with Crippen molar-refractivity contribution < 1.29 is 0 Å². The molecule has 1 aromatic rings. The monoisotopic (exact) mass is 260 g/mol. The predicted octanol–water partition coefficient (Wildman–Crippen LogP) is 3.21. The third kappa shape index (κ3) is 4.63. The van der Waals surface area contributed by atoms with E-state index in [1.54, 1.807) is 0 Å². The van der Waals surface area contributed by atoms with Gasteiger partial charge in [-0.15, -0.1) is 0 Å². The molecule has 1 atom stereocenters. The van der Waals surface area contributed by atoms with Crippen LogP contribution in [0, 0.1) is 12.8 Å². The topological polar surface area (TPSA) is 15.3 Å². The Balaban J connectivity index is 1.93. The van der Waals surface area contributed by atoms with Gasteiger partial charge >= 0.3 is 0 Å². The highest BCUT2D eigenvalue weighted by atomic mass is 15.1. The Morgan fingerprint density at radius 1 is 1.32 bits per heavy atom. The van der Waals surface area contributed by atoms with Crippen LogP contribution in [0.2, 0.25) is 0 Å². The number of benzene rings is 1. The summed E-state index contributed by atoms with van der Waals surface area (Å²) >= 11 is 0. The van der Waals surface area contributed by atoms with Gasteiger partial charge in [0.05, 0.1) is 0 Å². The largest absolute Gasteiger partial charge is 0.316 e. The van der Waals surface area contributed by atoms with Crippen molar-refractivity contribution in [2.24, 2.45) is 5.92 Å². The number of nitrogens with one attached hydrogen (secondary N) is 1. The van der Waals surface area contributed by atoms with E-state index >= 15 is 0 Å². The number of nitrogens with zero attached hydrogens (tertiary/aromatic N) is 1. The number of rotatable bonds is 6. The zero-order valence-corrected chi connectivity index (χ0v) is 12.5. The maximum absolute atomic E-state index is 3.53. The van der Waals surface area contributed by atoms with Crippen molar-refractivity contribution in [2.45, 2.75) is 39.7 Å². The van der Waals surface area contributed by atoms with Gasteiger partial charge in [-0.3, -0.25) is 4.90 Å². The van der Waals surface area contributed by atoms with Crippen LogP contribution < -0.4 is 5.32 Å². The van der Waals surface area contributed by atoms with E-state index in [1.807, 2.05) is 0 Å². The summed E-state index contributed by atoms with van der Waals surface area (Å²) in [6.45, 7) is 10.5. The Kier molecular flexibility index (Phi) is 5.87. The molecule has 1 saturated heterocycles. The molecule has 106 valence electrons. The summed E-state index contributed by atoms with van der Waals surface area (Å²) in [5.41, 5.74) is 2.91. The zero-order chi connectivity index (χ0) is 13.5. The molecule has 0 aromatic heterocycles. The lowest BCUT2D eigenvalue weighted by Gasteiger charge is -2.30. The van der Waals surface area contributed by atoms with Gasteiger partial charge in [0.2, 0.25) is 0 Å². The molecule has 1 aromatic carbocycles. The van der Waals surface area contributed by atoms with Gasteiger partial charge in [-0.05, 0) is 62.9 Å². The van der Waals surface area contributed by atoms with Gasteiger partial charge in [-0.1, -0.05) is 31.2 Å². The van der Waals surface area contributed by atoms with Crippen molar-refractivity contribution >= 4 is 0 Å². The average Bonchev–Trinajstić information content (AvgIpc) is 2.43. The fourth-order valence-electron chi connectivity index (χ4n) is 3.02. The molecule has 1 unspecified atom stereocenters. The van der Waals surface area contributed by atoms with Gasteiger partial charge in [0, 0.05) is 13.1 Å². The summed E-state index contributed by atoms with van der Waals surface area (Å²) in [6.07, 6.45) is 3.97. The first-order chi connectivity index (χ1) is 9.29. The highest BCUT2D eigenvalue weighted by Gasteiger charge is 2.17. The lowest BCUT2D eigenvalue weighted by molar-refractivity contribution is 0.201. The van der Waals surface area contributed by atoms with Crippen LogP contribution in [0.15, 0.2) is 24.3 Å². The van der Waals surface area contributed by atoms with E-state index in [4.69, 9.17) is 0 Å². The third-order valence-electron chi connectivity index (χ3n) is 4.11. The van der Waals surface area contributed by atoms with E-state index in [1.165, 1.54) is 56.6 Å². The summed E-state index contributed by atoms with van der Waals surface area (Å²) < 4.78 is 0. The first-order valence-corrected chi connectivity index (χ1v) is 7.77. The number of aryl methyl sites for hydroxylation is 1. The van der Waals surface area contributed by atoms with E-state index < -0.39 is 0 Å². The molecule has 2 rings (SSSR count). The molecule has 1 N–H and O–H groups in total. The molecule has 1 aliphatic rings. The highest BCUT2D eigenvalue weighted by molar-refractivity contribution is 5.25. The smallest absolute Gasteiger partial charge is 0.0236 e. The lowest BCUT2D eigenvalue weighted by Crippen LogP contribution is -2.38. The van der Waals surface area contributed by atoms with Crippen molar-refractivity contribution in [3.63, 3.8) is 0 Å². The highest BCUT2D eigenvalue weighted by Crippen LogP contribution is 2.16. The van der Waals surface area contributed by atoms with E-state index in [-0.39, 0.29) is 0 Å². The SMILES string of the molecule is CCCN(Cc1ccccc1C)CC1CCCNC1. The Morgan fingerprint density at radius 3 is 2.84 bits per heavy atom. The molecule has 1 heterocycles. The van der Waals surface area contributed by atoms with Crippen LogP contribution >= 0.6 is 0 Å². The molecule has 1 aliphatic heterocycles. The third-order valence-corrected chi connectivity index (χ3v) is 4.11. The second kappa shape index (κ2) is 7.66. The van der Waals surface area contributed by atoms with E-state index in [0.29, 0.717) is 0 Å². The number of hydrogen-bond donors (Lipinski definition) is 1. The molecule has 0 spiro atoms.